The fourth-order valence-electron chi connectivity index (χ4n) is 0.667. The molecule has 1 nitrogen and oxygen atoms in total. The summed E-state index contributed by atoms with van der Waals surface area (Å²) in [5, 5.41) is 5.47. The molecule has 9 heavy (non-hydrogen) atoms. The summed E-state index contributed by atoms with van der Waals surface area (Å²) in [4.78, 5) is 0. The Morgan fingerprint density at radius 2 is 1.33 bits per heavy atom. The molecule has 0 fully saturated rings. The van der Waals surface area contributed by atoms with E-state index in [2.05, 4.69) is 0 Å². The van der Waals surface area contributed by atoms with Crippen LogP contribution in [0, 0.1) is 0 Å². The van der Waals surface area contributed by atoms with E-state index >= 15 is 0 Å². The SMILES string of the molecule is CC(C)[Si](N)(F)C(C)C. The van der Waals surface area contributed by atoms with Crippen LogP contribution < -0.4 is 5.40 Å². The Hall–Kier alpha value is 0.107. The third-order valence-corrected chi connectivity index (χ3v) is 5.31. The van der Waals surface area contributed by atoms with E-state index in [4.69, 9.17) is 5.40 Å². The molecule has 0 aliphatic carbocycles. The highest BCUT2D eigenvalue weighted by atomic mass is 28.4. The molecule has 0 saturated heterocycles. The summed E-state index contributed by atoms with van der Waals surface area (Å²) in [6.07, 6.45) is 0. The lowest BCUT2D eigenvalue weighted by atomic mass is 10.5. The normalized spacial score (nSPS) is 13.3. The van der Waals surface area contributed by atoms with Gasteiger partial charge in [0.25, 0.3) is 0 Å². The van der Waals surface area contributed by atoms with E-state index in [0.717, 1.165) is 0 Å². The summed E-state index contributed by atoms with van der Waals surface area (Å²) in [5.41, 5.74) is 0.0787. The summed E-state index contributed by atoms with van der Waals surface area (Å²) in [7, 11) is -2.86. The molecule has 3 heteroatoms. The Labute approximate surface area is 57.7 Å². The maximum atomic E-state index is 13.3. The topological polar surface area (TPSA) is 26.0 Å². The lowest BCUT2D eigenvalue weighted by Crippen LogP contribution is -2.46. The average Bonchev–Trinajstić information content (AvgIpc) is 1.65. The number of rotatable bonds is 2. The van der Waals surface area contributed by atoms with Crippen molar-refractivity contribution in [1.82, 2.24) is 0 Å². The number of hydrogen-bond acceptors (Lipinski definition) is 1. The van der Waals surface area contributed by atoms with Gasteiger partial charge >= 0.3 is 8.57 Å². The second kappa shape index (κ2) is 2.79. The van der Waals surface area contributed by atoms with Gasteiger partial charge in [0.15, 0.2) is 0 Å². The average molecular weight is 149 g/mol. The lowest BCUT2D eigenvalue weighted by Gasteiger charge is -2.24. The van der Waals surface area contributed by atoms with Gasteiger partial charge < -0.3 is 5.40 Å². The molecule has 0 bridgehead atoms. The van der Waals surface area contributed by atoms with Crippen LogP contribution in [0.4, 0.5) is 4.11 Å². The zero-order valence-electron chi connectivity index (χ0n) is 6.61. The lowest BCUT2D eigenvalue weighted by molar-refractivity contribution is 0.673. The molecule has 0 amide bonds. The van der Waals surface area contributed by atoms with E-state index in [1.807, 2.05) is 27.7 Å². The van der Waals surface area contributed by atoms with Gasteiger partial charge in [0.05, 0.1) is 0 Å². The molecule has 0 heterocycles. The summed E-state index contributed by atoms with van der Waals surface area (Å²) < 4.78 is 13.3. The van der Waals surface area contributed by atoms with Gasteiger partial charge in [0.1, 0.15) is 0 Å². The van der Waals surface area contributed by atoms with Gasteiger partial charge in [-0.2, -0.15) is 0 Å². The van der Waals surface area contributed by atoms with Crippen molar-refractivity contribution in [3.05, 3.63) is 0 Å². The van der Waals surface area contributed by atoms with Crippen LogP contribution in [-0.2, 0) is 0 Å². The van der Waals surface area contributed by atoms with Crippen LogP contribution in [0.25, 0.3) is 0 Å². The first kappa shape index (κ1) is 9.11. The van der Waals surface area contributed by atoms with Crippen molar-refractivity contribution >= 4 is 8.57 Å². The van der Waals surface area contributed by atoms with Crippen molar-refractivity contribution in [2.45, 2.75) is 38.8 Å². The minimum absolute atomic E-state index is 0.0394. The molecule has 56 valence electrons. The molecular weight excluding hydrogens is 133 g/mol. The van der Waals surface area contributed by atoms with Crippen molar-refractivity contribution in [3.8, 4) is 0 Å². The van der Waals surface area contributed by atoms with Gasteiger partial charge in [0, 0.05) is 0 Å². The minimum Gasteiger partial charge on any atom is -0.326 e. The first-order chi connectivity index (χ1) is 3.89. The van der Waals surface area contributed by atoms with Crippen LogP contribution in [0.1, 0.15) is 27.7 Å². The van der Waals surface area contributed by atoms with Gasteiger partial charge in [-0.05, 0) is 11.1 Å². The quantitative estimate of drug-likeness (QED) is 0.472. The largest absolute Gasteiger partial charge is 0.326 e. The highest BCUT2D eigenvalue weighted by Gasteiger charge is 2.37. The van der Waals surface area contributed by atoms with E-state index in [1.54, 1.807) is 0 Å². The molecular formula is C6H16FNSi. The predicted molar refractivity (Wildman–Crippen MR) is 41.2 cm³/mol. The molecule has 2 N–H and O–H groups in total. The smallest absolute Gasteiger partial charge is 0.321 e. The fourth-order valence-corrected chi connectivity index (χ4v) is 2.00. The first-order valence-electron chi connectivity index (χ1n) is 3.36. The van der Waals surface area contributed by atoms with Crippen LogP contribution in [0.5, 0.6) is 0 Å². The third kappa shape index (κ3) is 2.06. The number of nitrogens with two attached hydrogens (primary N) is 1. The predicted octanol–water partition coefficient (Wildman–Crippen LogP) is 2.18. The van der Waals surface area contributed by atoms with E-state index in [9.17, 15) is 4.11 Å². The molecule has 0 aromatic heterocycles. The Morgan fingerprint density at radius 1 is 1.11 bits per heavy atom. The molecule has 0 unspecified atom stereocenters. The van der Waals surface area contributed by atoms with Gasteiger partial charge in [-0.25, -0.2) is 0 Å². The monoisotopic (exact) mass is 149 g/mol. The van der Waals surface area contributed by atoms with Crippen LogP contribution in [0.2, 0.25) is 11.1 Å². The van der Waals surface area contributed by atoms with E-state index in [0.29, 0.717) is 0 Å². The van der Waals surface area contributed by atoms with Crippen LogP contribution in [0.3, 0.4) is 0 Å². The summed E-state index contributed by atoms with van der Waals surface area (Å²) in [6, 6.07) is 0. The van der Waals surface area contributed by atoms with Crippen molar-refractivity contribution in [2.75, 3.05) is 0 Å². The zero-order valence-corrected chi connectivity index (χ0v) is 7.61. The number of halogens is 1. The zero-order chi connectivity index (χ0) is 7.65. The van der Waals surface area contributed by atoms with Crippen molar-refractivity contribution in [1.29, 1.82) is 0 Å². The standard InChI is InChI=1S/C6H16FNSi/c1-5(2)9(7,8)6(3)4/h5-6H,8H2,1-4H3. The first-order valence-corrected chi connectivity index (χ1v) is 5.47. The minimum atomic E-state index is -2.86. The highest BCUT2D eigenvalue weighted by Crippen LogP contribution is 2.27. The summed E-state index contributed by atoms with van der Waals surface area (Å²) in [6.45, 7) is 7.41. The number of hydrogen-bond donors (Lipinski definition) is 1. The van der Waals surface area contributed by atoms with Crippen molar-refractivity contribution in [3.63, 3.8) is 0 Å². The van der Waals surface area contributed by atoms with E-state index in [-0.39, 0.29) is 11.1 Å². The Balaban J connectivity index is 4.01. The van der Waals surface area contributed by atoms with Gasteiger partial charge in [-0.15, -0.1) is 0 Å². The Kier molecular flexibility index (Phi) is 2.83. The maximum Gasteiger partial charge on any atom is 0.321 e. The Bertz CT molecular complexity index is 81.1. The molecule has 0 aromatic carbocycles. The van der Waals surface area contributed by atoms with Gasteiger partial charge in [-0.1, -0.05) is 27.7 Å². The van der Waals surface area contributed by atoms with Crippen molar-refractivity contribution < 1.29 is 4.11 Å². The second-order valence-corrected chi connectivity index (χ2v) is 7.10. The highest BCUT2D eigenvalue weighted by molar-refractivity contribution is 6.72. The van der Waals surface area contributed by atoms with E-state index in [1.165, 1.54) is 0 Å². The second-order valence-electron chi connectivity index (χ2n) is 3.14. The fraction of sp³-hybridized carbons (Fsp3) is 1.00. The molecule has 0 rings (SSSR count). The molecule has 0 aliphatic rings. The van der Waals surface area contributed by atoms with Crippen molar-refractivity contribution in [2.24, 2.45) is 5.40 Å². The van der Waals surface area contributed by atoms with Crippen LogP contribution >= 0.6 is 0 Å². The van der Waals surface area contributed by atoms with Gasteiger partial charge in [-0.3, -0.25) is 4.11 Å². The summed E-state index contributed by atoms with van der Waals surface area (Å²) in [5.74, 6) is 0. The van der Waals surface area contributed by atoms with E-state index < -0.39 is 8.57 Å². The molecule has 0 aliphatic heterocycles. The third-order valence-electron chi connectivity index (χ3n) is 1.77. The molecule has 0 radical (unpaired) electrons. The molecule has 0 aromatic rings. The molecule has 0 atom stereocenters. The van der Waals surface area contributed by atoms with Crippen LogP contribution in [0.15, 0.2) is 0 Å². The molecule has 0 spiro atoms. The van der Waals surface area contributed by atoms with Crippen LogP contribution in [-0.4, -0.2) is 8.57 Å². The maximum absolute atomic E-state index is 13.3. The van der Waals surface area contributed by atoms with Gasteiger partial charge in [0.2, 0.25) is 0 Å². The Morgan fingerprint density at radius 3 is 1.33 bits per heavy atom. The summed E-state index contributed by atoms with van der Waals surface area (Å²) >= 11 is 0. The molecule has 0 saturated carbocycles.